The lowest BCUT2D eigenvalue weighted by Gasteiger charge is -2.19. The molecule has 1 aromatic rings. The van der Waals surface area contributed by atoms with Crippen molar-refractivity contribution in [2.75, 3.05) is 0 Å². The maximum absolute atomic E-state index is 10.0. The first kappa shape index (κ1) is 12.3. The van der Waals surface area contributed by atoms with E-state index in [4.69, 9.17) is 23.2 Å². The van der Waals surface area contributed by atoms with E-state index in [9.17, 15) is 5.11 Å². The van der Waals surface area contributed by atoms with Crippen LogP contribution in [-0.4, -0.2) is 5.11 Å². The van der Waals surface area contributed by atoms with E-state index in [1.54, 1.807) is 6.07 Å². The molecule has 4 heteroatoms. The van der Waals surface area contributed by atoms with Crippen LogP contribution in [0.5, 0.6) is 0 Å². The van der Waals surface area contributed by atoms with Crippen LogP contribution in [0.3, 0.4) is 0 Å². The summed E-state index contributed by atoms with van der Waals surface area (Å²) in [5, 5.41) is 10.0. The third-order valence-electron chi connectivity index (χ3n) is 2.50. The van der Waals surface area contributed by atoms with Gasteiger partial charge in [-0.2, -0.15) is 0 Å². The van der Waals surface area contributed by atoms with Gasteiger partial charge in [-0.1, -0.05) is 49.9 Å². The van der Waals surface area contributed by atoms with Crippen molar-refractivity contribution < 1.29 is 5.11 Å². The van der Waals surface area contributed by atoms with Gasteiger partial charge < -0.3 is 5.11 Å². The Kier molecular flexibility index (Phi) is 4.71. The molecule has 0 saturated heterocycles. The largest absolute Gasteiger partial charge is 0.388 e. The van der Waals surface area contributed by atoms with Crippen molar-refractivity contribution in [2.45, 2.75) is 32.8 Å². The number of aliphatic hydroxyl groups is 1. The van der Waals surface area contributed by atoms with Gasteiger partial charge in [0.05, 0.1) is 10.4 Å². The van der Waals surface area contributed by atoms with Gasteiger partial charge >= 0.3 is 0 Å². The highest BCUT2D eigenvalue weighted by molar-refractivity contribution is 7.20. The molecule has 1 unspecified atom stereocenters. The van der Waals surface area contributed by atoms with Gasteiger partial charge in [-0.25, -0.2) is 0 Å². The molecule has 0 radical (unpaired) electrons. The molecular formula is C10H14Cl2OS. The molecule has 14 heavy (non-hydrogen) atoms. The van der Waals surface area contributed by atoms with E-state index in [0.29, 0.717) is 8.67 Å². The minimum atomic E-state index is -0.485. The first-order valence-corrected chi connectivity index (χ1v) is 6.30. The molecule has 0 fully saturated rings. The van der Waals surface area contributed by atoms with E-state index in [2.05, 4.69) is 13.8 Å². The van der Waals surface area contributed by atoms with Crippen molar-refractivity contribution in [3.8, 4) is 0 Å². The molecule has 1 aromatic heterocycles. The van der Waals surface area contributed by atoms with E-state index in [1.807, 2.05) is 0 Å². The fourth-order valence-corrected chi connectivity index (χ4v) is 3.08. The highest BCUT2D eigenvalue weighted by atomic mass is 35.5. The standard InChI is InChI=1S/C10H14Cl2OS/c1-3-6(4-2)9(13)7-5-8(11)14-10(7)12/h5-6,9,13H,3-4H2,1-2H3. The summed E-state index contributed by atoms with van der Waals surface area (Å²) in [6.07, 6.45) is 1.41. The number of hydrogen-bond donors (Lipinski definition) is 1. The minimum absolute atomic E-state index is 0.262. The zero-order valence-electron chi connectivity index (χ0n) is 8.26. The van der Waals surface area contributed by atoms with Gasteiger partial charge in [-0.15, -0.1) is 11.3 Å². The Bertz CT molecular complexity index is 294. The van der Waals surface area contributed by atoms with Crippen molar-refractivity contribution in [3.63, 3.8) is 0 Å². The topological polar surface area (TPSA) is 20.2 Å². The minimum Gasteiger partial charge on any atom is -0.388 e. The van der Waals surface area contributed by atoms with Crippen LogP contribution < -0.4 is 0 Å². The Balaban J connectivity index is 2.87. The van der Waals surface area contributed by atoms with Crippen molar-refractivity contribution in [1.82, 2.24) is 0 Å². The second-order valence-electron chi connectivity index (χ2n) is 3.30. The summed E-state index contributed by atoms with van der Waals surface area (Å²) < 4.78 is 1.24. The number of rotatable bonds is 4. The van der Waals surface area contributed by atoms with Gasteiger partial charge in [-0.3, -0.25) is 0 Å². The summed E-state index contributed by atoms with van der Waals surface area (Å²) in [5.74, 6) is 0.262. The Hall–Kier alpha value is 0.240. The number of thiophene rings is 1. The quantitative estimate of drug-likeness (QED) is 0.836. The maximum atomic E-state index is 10.0. The molecule has 0 bridgehead atoms. The molecule has 0 amide bonds. The Morgan fingerprint density at radius 3 is 2.29 bits per heavy atom. The van der Waals surface area contributed by atoms with Crippen LogP contribution in [0, 0.1) is 5.92 Å². The molecular weight excluding hydrogens is 239 g/mol. The number of aliphatic hydroxyl groups excluding tert-OH is 1. The van der Waals surface area contributed by atoms with Crippen molar-refractivity contribution in [3.05, 3.63) is 20.3 Å². The Morgan fingerprint density at radius 1 is 1.36 bits per heavy atom. The molecule has 0 aliphatic heterocycles. The second-order valence-corrected chi connectivity index (χ2v) is 5.59. The van der Waals surface area contributed by atoms with Crippen LogP contribution in [0.2, 0.25) is 8.67 Å². The van der Waals surface area contributed by atoms with E-state index >= 15 is 0 Å². The lowest BCUT2D eigenvalue weighted by molar-refractivity contribution is 0.104. The molecule has 1 N–H and O–H groups in total. The van der Waals surface area contributed by atoms with Crippen LogP contribution >= 0.6 is 34.5 Å². The number of halogens is 2. The normalized spacial score (nSPS) is 13.6. The highest BCUT2D eigenvalue weighted by Crippen LogP contribution is 2.38. The van der Waals surface area contributed by atoms with Gasteiger partial charge in [0, 0.05) is 5.56 Å². The van der Waals surface area contributed by atoms with Gasteiger partial charge in [0.1, 0.15) is 4.34 Å². The molecule has 0 aliphatic carbocycles. The average Bonchev–Trinajstić information content (AvgIpc) is 2.47. The molecule has 0 aliphatic rings. The Morgan fingerprint density at radius 2 is 1.93 bits per heavy atom. The van der Waals surface area contributed by atoms with Gasteiger partial charge in [0.15, 0.2) is 0 Å². The fourth-order valence-electron chi connectivity index (χ4n) is 1.54. The zero-order chi connectivity index (χ0) is 10.7. The summed E-state index contributed by atoms with van der Waals surface area (Å²) >= 11 is 13.1. The van der Waals surface area contributed by atoms with Crippen molar-refractivity contribution in [1.29, 1.82) is 0 Å². The summed E-state index contributed by atoms with van der Waals surface area (Å²) in [7, 11) is 0. The van der Waals surface area contributed by atoms with Crippen molar-refractivity contribution >= 4 is 34.5 Å². The lowest BCUT2D eigenvalue weighted by Crippen LogP contribution is -2.10. The first-order valence-electron chi connectivity index (χ1n) is 4.72. The molecule has 0 saturated carbocycles. The zero-order valence-corrected chi connectivity index (χ0v) is 10.6. The van der Waals surface area contributed by atoms with Crippen molar-refractivity contribution in [2.24, 2.45) is 5.92 Å². The molecule has 0 spiro atoms. The molecule has 80 valence electrons. The molecule has 0 aromatic carbocycles. The number of hydrogen-bond acceptors (Lipinski definition) is 2. The highest BCUT2D eigenvalue weighted by Gasteiger charge is 2.21. The molecule has 1 atom stereocenters. The van der Waals surface area contributed by atoms with E-state index in [0.717, 1.165) is 18.4 Å². The lowest BCUT2D eigenvalue weighted by atomic mass is 9.93. The predicted molar refractivity (Wildman–Crippen MR) is 63.4 cm³/mol. The summed E-state index contributed by atoms with van der Waals surface area (Å²) in [6, 6.07) is 1.76. The van der Waals surface area contributed by atoms with Gasteiger partial charge in [0.2, 0.25) is 0 Å². The Labute approximate surface area is 98.7 Å². The summed E-state index contributed by atoms with van der Waals surface area (Å²) in [4.78, 5) is 0. The third kappa shape index (κ3) is 2.63. The SMILES string of the molecule is CCC(CC)C(O)c1cc(Cl)sc1Cl. The van der Waals surface area contributed by atoms with E-state index in [-0.39, 0.29) is 5.92 Å². The molecule has 1 nitrogen and oxygen atoms in total. The summed E-state index contributed by atoms with van der Waals surface area (Å²) in [6.45, 7) is 4.14. The van der Waals surface area contributed by atoms with Crippen LogP contribution in [0.1, 0.15) is 38.4 Å². The van der Waals surface area contributed by atoms with Crippen LogP contribution in [-0.2, 0) is 0 Å². The molecule has 1 heterocycles. The molecule has 1 rings (SSSR count). The first-order chi connectivity index (χ1) is 6.60. The summed E-state index contributed by atoms with van der Waals surface area (Å²) in [5.41, 5.74) is 0.773. The van der Waals surface area contributed by atoms with Gasteiger partial charge in [0.25, 0.3) is 0 Å². The van der Waals surface area contributed by atoms with Crippen LogP contribution in [0.15, 0.2) is 6.07 Å². The van der Waals surface area contributed by atoms with Crippen LogP contribution in [0.4, 0.5) is 0 Å². The second kappa shape index (κ2) is 5.36. The maximum Gasteiger partial charge on any atom is 0.100 e. The third-order valence-corrected chi connectivity index (χ3v) is 4.01. The fraction of sp³-hybridized carbons (Fsp3) is 0.600. The van der Waals surface area contributed by atoms with Gasteiger partial charge in [-0.05, 0) is 12.0 Å². The monoisotopic (exact) mass is 252 g/mol. The van der Waals surface area contributed by atoms with E-state index in [1.165, 1.54) is 11.3 Å². The predicted octanol–water partition coefficient (Wildman–Crippen LogP) is 4.52. The van der Waals surface area contributed by atoms with E-state index < -0.39 is 6.10 Å². The average molecular weight is 253 g/mol. The smallest absolute Gasteiger partial charge is 0.100 e. The van der Waals surface area contributed by atoms with Crippen LogP contribution in [0.25, 0.3) is 0 Å².